The third-order valence-corrected chi connectivity index (χ3v) is 3.33. The van der Waals surface area contributed by atoms with Gasteiger partial charge in [-0.05, 0) is 40.7 Å². The molecule has 1 N–H and O–H groups in total. The highest BCUT2D eigenvalue weighted by molar-refractivity contribution is 5.80. The normalized spacial score (nSPS) is 15.8. The van der Waals surface area contributed by atoms with E-state index < -0.39 is 5.54 Å². The van der Waals surface area contributed by atoms with Crippen LogP contribution in [0.5, 0.6) is 0 Å². The second kappa shape index (κ2) is 6.70. The van der Waals surface area contributed by atoms with E-state index in [9.17, 15) is 4.79 Å². The molecule has 5 heteroatoms. The lowest BCUT2D eigenvalue weighted by Gasteiger charge is -2.31. The summed E-state index contributed by atoms with van der Waals surface area (Å²) in [6, 6.07) is 0.177. The van der Waals surface area contributed by atoms with E-state index in [1.165, 1.54) is 0 Å². The number of esters is 1. The number of ether oxygens (including phenoxy) is 1. The molecule has 5 nitrogen and oxygen atoms in total. The monoisotopic (exact) mass is 267 g/mol. The summed E-state index contributed by atoms with van der Waals surface area (Å²) in [4.78, 5) is 16.4. The van der Waals surface area contributed by atoms with Crippen LogP contribution in [-0.2, 0) is 9.53 Å². The fourth-order valence-corrected chi connectivity index (χ4v) is 2.45. The lowest BCUT2D eigenvalue weighted by molar-refractivity contribution is -0.151. The molecule has 0 radical (unpaired) electrons. The molecule has 19 heavy (non-hydrogen) atoms. The first-order valence-electron chi connectivity index (χ1n) is 6.86. The van der Waals surface area contributed by atoms with Crippen LogP contribution in [0.3, 0.4) is 0 Å². The number of likely N-dealkylation sites (N-methyl/N-ethyl adjacent to an activating group) is 1. The molecule has 1 heterocycles. The lowest BCUT2D eigenvalue weighted by Crippen LogP contribution is -2.51. The molecule has 0 aromatic carbocycles. The summed E-state index contributed by atoms with van der Waals surface area (Å²) in [5.41, 5.74) is -0.666. The van der Waals surface area contributed by atoms with Crippen molar-refractivity contribution in [2.75, 3.05) is 13.2 Å². The zero-order valence-corrected chi connectivity index (χ0v) is 12.6. The van der Waals surface area contributed by atoms with Crippen molar-refractivity contribution in [3.05, 3.63) is 18.2 Å². The molecule has 0 fully saturated rings. The summed E-state index contributed by atoms with van der Waals surface area (Å²) in [5.74, 6) is 0.761. The summed E-state index contributed by atoms with van der Waals surface area (Å²) in [6.07, 6.45) is 4.38. The Labute approximate surface area is 115 Å². The molecule has 1 rings (SSSR count). The molecule has 0 aliphatic carbocycles. The number of nitrogens with one attached hydrogen (secondary N) is 1. The molecule has 0 aliphatic rings. The topological polar surface area (TPSA) is 56.2 Å². The molecule has 108 valence electrons. The molecular formula is C14H25N3O2. The minimum atomic E-state index is -0.666. The van der Waals surface area contributed by atoms with Crippen LogP contribution in [0, 0.1) is 6.92 Å². The number of carbonyl (C=O) groups excluding carboxylic acids is 1. The number of imidazole rings is 1. The minimum Gasteiger partial charge on any atom is -0.465 e. The second-order valence-corrected chi connectivity index (χ2v) is 5.02. The Bertz CT molecular complexity index is 417. The van der Waals surface area contributed by atoms with E-state index in [1.54, 1.807) is 6.20 Å². The van der Waals surface area contributed by atoms with E-state index in [2.05, 4.69) is 21.8 Å². The summed E-state index contributed by atoms with van der Waals surface area (Å²) < 4.78 is 7.26. The molecule has 2 atom stereocenters. The number of nitrogens with zero attached hydrogens (tertiary/aromatic N) is 2. The van der Waals surface area contributed by atoms with E-state index in [0.717, 1.165) is 12.4 Å². The molecule has 0 bridgehead atoms. The standard InChI is InChI=1S/C14H25N3O2/c1-6-16-14(5,13(18)19-7-2)10-11(3)17-9-8-15-12(17)4/h8-9,11,16H,6-7,10H2,1-5H3. The van der Waals surface area contributed by atoms with Crippen LogP contribution in [0.4, 0.5) is 0 Å². The zero-order chi connectivity index (χ0) is 14.5. The van der Waals surface area contributed by atoms with Crippen molar-refractivity contribution in [2.24, 2.45) is 0 Å². The maximum atomic E-state index is 12.1. The first-order chi connectivity index (χ1) is 8.94. The average Bonchev–Trinajstić information content (AvgIpc) is 2.76. The van der Waals surface area contributed by atoms with Gasteiger partial charge >= 0.3 is 5.97 Å². The third kappa shape index (κ3) is 3.80. The van der Waals surface area contributed by atoms with Gasteiger partial charge in [0.05, 0.1) is 6.61 Å². The molecule has 0 saturated heterocycles. The summed E-state index contributed by atoms with van der Waals surface area (Å²) >= 11 is 0. The Kier molecular flexibility index (Phi) is 5.54. The minimum absolute atomic E-state index is 0.177. The number of aromatic nitrogens is 2. The lowest BCUT2D eigenvalue weighted by atomic mass is 9.93. The van der Waals surface area contributed by atoms with Crippen LogP contribution < -0.4 is 5.32 Å². The third-order valence-electron chi connectivity index (χ3n) is 3.33. The molecule has 0 saturated carbocycles. The fraction of sp³-hybridized carbons (Fsp3) is 0.714. The SMILES string of the molecule is CCNC(C)(CC(C)n1ccnc1C)C(=O)OCC. The van der Waals surface area contributed by atoms with Gasteiger partial charge in [0.25, 0.3) is 0 Å². The Hall–Kier alpha value is -1.36. The van der Waals surface area contributed by atoms with Crippen molar-refractivity contribution >= 4 is 5.97 Å². The van der Waals surface area contributed by atoms with Crippen molar-refractivity contribution in [2.45, 2.75) is 52.6 Å². The van der Waals surface area contributed by atoms with Gasteiger partial charge in [-0.2, -0.15) is 0 Å². The second-order valence-electron chi connectivity index (χ2n) is 5.02. The van der Waals surface area contributed by atoms with Gasteiger partial charge in [0.15, 0.2) is 0 Å². The van der Waals surface area contributed by atoms with Gasteiger partial charge < -0.3 is 14.6 Å². The van der Waals surface area contributed by atoms with Gasteiger partial charge in [-0.1, -0.05) is 6.92 Å². The van der Waals surface area contributed by atoms with Gasteiger partial charge in [0, 0.05) is 18.4 Å². The van der Waals surface area contributed by atoms with Crippen molar-refractivity contribution in [3.63, 3.8) is 0 Å². The van der Waals surface area contributed by atoms with Crippen molar-refractivity contribution in [1.82, 2.24) is 14.9 Å². The van der Waals surface area contributed by atoms with Crippen LogP contribution in [0.2, 0.25) is 0 Å². The summed E-state index contributed by atoms with van der Waals surface area (Å²) in [7, 11) is 0. The van der Waals surface area contributed by atoms with E-state index >= 15 is 0 Å². The maximum absolute atomic E-state index is 12.1. The van der Waals surface area contributed by atoms with Gasteiger partial charge in [-0.25, -0.2) is 4.98 Å². The summed E-state index contributed by atoms with van der Waals surface area (Å²) in [5, 5.41) is 3.25. The predicted octanol–water partition coefficient (Wildman–Crippen LogP) is 2.07. The molecule has 2 unspecified atom stereocenters. The highest BCUT2D eigenvalue weighted by Gasteiger charge is 2.35. The van der Waals surface area contributed by atoms with Crippen LogP contribution in [0.15, 0.2) is 12.4 Å². The smallest absolute Gasteiger partial charge is 0.326 e. The van der Waals surface area contributed by atoms with Gasteiger partial charge in [0.1, 0.15) is 11.4 Å². The molecule has 1 aromatic rings. The molecule has 1 aromatic heterocycles. The first-order valence-corrected chi connectivity index (χ1v) is 6.86. The number of hydrogen-bond donors (Lipinski definition) is 1. The molecule has 0 aliphatic heterocycles. The predicted molar refractivity (Wildman–Crippen MR) is 75.0 cm³/mol. The highest BCUT2D eigenvalue weighted by atomic mass is 16.5. The average molecular weight is 267 g/mol. The summed E-state index contributed by atoms with van der Waals surface area (Å²) in [6.45, 7) is 10.9. The van der Waals surface area contributed by atoms with E-state index in [4.69, 9.17) is 4.74 Å². The van der Waals surface area contributed by atoms with Crippen molar-refractivity contribution < 1.29 is 9.53 Å². The Balaban J connectivity index is 2.83. The van der Waals surface area contributed by atoms with Crippen LogP contribution in [0.1, 0.15) is 46.0 Å². The van der Waals surface area contributed by atoms with Crippen LogP contribution >= 0.6 is 0 Å². The Morgan fingerprint density at radius 2 is 2.26 bits per heavy atom. The van der Waals surface area contributed by atoms with Crippen molar-refractivity contribution in [3.8, 4) is 0 Å². The van der Waals surface area contributed by atoms with E-state index in [-0.39, 0.29) is 12.0 Å². The van der Waals surface area contributed by atoms with Gasteiger partial charge in [0.2, 0.25) is 0 Å². The number of carbonyl (C=O) groups is 1. The molecular weight excluding hydrogens is 242 g/mol. The van der Waals surface area contributed by atoms with Crippen LogP contribution in [-0.4, -0.2) is 34.2 Å². The van der Waals surface area contributed by atoms with E-state index in [0.29, 0.717) is 13.0 Å². The van der Waals surface area contributed by atoms with Crippen LogP contribution in [0.25, 0.3) is 0 Å². The Morgan fingerprint density at radius 3 is 2.74 bits per heavy atom. The number of aryl methyl sites for hydroxylation is 1. The number of rotatable bonds is 7. The zero-order valence-electron chi connectivity index (χ0n) is 12.6. The van der Waals surface area contributed by atoms with Crippen molar-refractivity contribution in [1.29, 1.82) is 0 Å². The molecule has 0 spiro atoms. The maximum Gasteiger partial charge on any atom is 0.326 e. The fourth-order valence-electron chi connectivity index (χ4n) is 2.45. The number of hydrogen-bond acceptors (Lipinski definition) is 4. The quantitative estimate of drug-likeness (QED) is 0.768. The largest absolute Gasteiger partial charge is 0.465 e. The Morgan fingerprint density at radius 1 is 1.58 bits per heavy atom. The highest BCUT2D eigenvalue weighted by Crippen LogP contribution is 2.23. The van der Waals surface area contributed by atoms with E-state index in [1.807, 2.05) is 33.9 Å². The van der Waals surface area contributed by atoms with Gasteiger partial charge in [-0.15, -0.1) is 0 Å². The van der Waals surface area contributed by atoms with Gasteiger partial charge in [-0.3, -0.25) is 4.79 Å². The molecule has 0 amide bonds. The first kappa shape index (κ1) is 15.7.